The van der Waals surface area contributed by atoms with Crippen molar-refractivity contribution >= 4 is 17.7 Å². The van der Waals surface area contributed by atoms with Crippen molar-refractivity contribution < 1.29 is 4.89 Å². The molecule has 0 bridgehead atoms. The van der Waals surface area contributed by atoms with Crippen LogP contribution in [0.25, 0.3) is 0 Å². The summed E-state index contributed by atoms with van der Waals surface area (Å²) in [7, 11) is 0. The average molecular weight is 254 g/mol. The van der Waals surface area contributed by atoms with Gasteiger partial charge >= 0.3 is 96.5 Å². The van der Waals surface area contributed by atoms with E-state index in [4.69, 9.17) is 22.0 Å². The van der Waals surface area contributed by atoms with E-state index < -0.39 is 6.48 Å². The Hall–Kier alpha value is 0.0900. The van der Waals surface area contributed by atoms with Crippen molar-refractivity contribution in [3.8, 4) is 6.07 Å². The molecule has 0 aliphatic carbocycles. The first-order valence-corrected chi connectivity index (χ1v) is 8.35. The molecule has 4 nitrogen and oxygen atoms in total. The van der Waals surface area contributed by atoms with Crippen LogP contribution in [0.2, 0.25) is 0 Å². The Bertz CT molecular complexity index is 246. The molecular weight excluding hydrogens is 233 g/mol. The average Bonchev–Trinajstić information content (AvgIpc) is 1.97. The summed E-state index contributed by atoms with van der Waals surface area (Å²) in [4.78, 5) is 10.4. The van der Waals surface area contributed by atoms with Crippen LogP contribution in [-0.2, 0) is 0 Å². The molecule has 0 heterocycles. The van der Waals surface area contributed by atoms with Crippen molar-refractivity contribution in [1.29, 1.82) is 5.26 Å². The van der Waals surface area contributed by atoms with Gasteiger partial charge in [0.15, 0.2) is 0 Å². The van der Waals surface area contributed by atoms with E-state index in [0.717, 1.165) is 0 Å². The molecule has 3 N–H and O–H groups in total. The number of rotatable bonds is 5. The Balaban J connectivity index is 5.00. The first-order valence-electron chi connectivity index (χ1n) is 5.05. The van der Waals surface area contributed by atoms with Crippen LogP contribution in [0.5, 0.6) is 0 Å². The van der Waals surface area contributed by atoms with Gasteiger partial charge in [0.1, 0.15) is 0 Å². The second-order valence-corrected chi connectivity index (χ2v) is 9.78. The Morgan fingerprint density at radius 2 is 1.80 bits per heavy atom. The van der Waals surface area contributed by atoms with E-state index >= 15 is 0 Å². The molecule has 0 rings (SSSR count). The predicted octanol–water partition coefficient (Wildman–Crippen LogP) is 2.42. The Morgan fingerprint density at radius 1 is 1.40 bits per heavy atom. The number of nitrogens with zero attached hydrogens (tertiary/aromatic N) is 2. The molecule has 0 fully saturated rings. The van der Waals surface area contributed by atoms with Gasteiger partial charge in [0.2, 0.25) is 0 Å². The van der Waals surface area contributed by atoms with Gasteiger partial charge in [-0.25, -0.2) is 0 Å². The van der Waals surface area contributed by atoms with Crippen LogP contribution in [-0.4, -0.2) is 27.8 Å². The first-order chi connectivity index (χ1) is 6.60. The van der Waals surface area contributed by atoms with Crippen LogP contribution in [0.4, 0.5) is 0 Å². The first kappa shape index (κ1) is 15.1. The molecule has 0 aromatic rings. The fourth-order valence-corrected chi connectivity index (χ4v) is 5.94. The number of halogens is 1. The van der Waals surface area contributed by atoms with E-state index in [-0.39, 0.29) is 24.7 Å². The van der Waals surface area contributed by atoms with E-state index in [2.05, 4.69) is 0 Å². The summed E-state index contributed by atoms with van der Waals surface area (Å²) in [6.07, 6.45) is 0.310. The molecular formula is C9H21ClN3OP. The summed E-state index contributed by atoms with van der Waals surface area (Å²) in [6, 6.07) is 2.06. The van der Waals surface area contributed by atoms with Gasteiger partial charge in [-0.05, 0) is 0 Å². The van der Waals surface area contributed by atoms with Gasteiger partial charge < -0.3 is 0 Å². The van der Waals surface area contributed by atoms with Crippen LogP contribution in [0.15, 0.2) is 0 Å². The maximum atomic E-state index is 10.4. The number of hydrogen-bond donors (Lipinski definition) is 2. The second kappa shape index (κ2) is 4.95. The molecule has 0 aliphatic rings. The SMILES string of the molecule is CC(C)N(C(C)C)P(N)(O)(Cl)CCC#N. The minimum atomic E-state index is -3.87. The van der Waals surface area contributed by atoms with Gasteiger partial charge in [0, 0.05) is 0 Å². The normalized spacial score (nSPS) is 15.4. The van der Waals surface area contributed by atoms with Crippen LogP contribution >= 0.6 is 17.7 Å². The van der Waals surface area contributed by atoms with Crippen molar-refractivity contribution in [3.63, 3.8) is 0 Å². The fraction of sp³-hybridized carbons (Fsp3) is 0.889. The molecule has 0 aromatic carbocycles. The Labute approximate surface area is 96.9 Å². The third kappa shape index (κ3) is 4.22. The summed E-state index contributed by atoms with van der Waals surface area (Å²) < 4.78 is 1.73. The van der Waals surface area contributed by atoms with Crippen LogP contribution in [0, 0.1) is 11.3 Å². The monoisotopic (exact) mass is 253 g/mol. The van der Waals surface area contributed by atoms with Gasteiger partial charge in [-0.15, -0.1) is 0 Å². The third-order valence-corrected chi connectivity index (χ3v) is 6.16. The van der Waals surface area contributed by atoms with Gasteiger partial charge in [-0.2, -0.15) is 0 Å². The van der Waals surface area contributed by atoms with E-state index in [0.29, 0.717) is 0 Å². The van der Waals surface area contributed by atoms with E-state index in [9.17, 15) is 4.89 Å². The molecule has 0 unspecified atom stereocenters. The van der Waals surface area contributed by atoms with Crippen molar-refractivity contribution in [2.45, 2.75) is 46.2 Å². The molecule has 0 saturated heterocycles. The van der Waals surface area contributed by atoms with Crippen molar-refractivity contribution in [2.75, 3.05) is 6.16 Å². The van der Waals surface area contributed by atoms with Gasteiger partial charge in [0.05, 0.1) is 0 Å². The zero-order valence-corrected chi connectivity index (χ0v) is 11.5. The molecule has 90 valence electrons. The zero-order chi connectivity index (χ0) is 12.3. The van der Waals surface area contributed by atoms with Crippen molar-refractivity contribution in [2.24, 2.45) is 5.50 Å². The van der Waals surface area contributed by atoms with E-state index in [1.165, 1.54) is 0 Å². The number of nitriles is 1. The Kier molecular flexibility index (Phi) is 4.98. The number of nitrogens with two attached hydrogens (primary N) is 1. The van der Waals surface area contributed by atoms with Gasteiger partial charge in [-0.1, -0.05) is 0 Å². The topological polar surface area (TPSA) is 73.3 Å². The Morgan fingerprint density at radius 3 is 2.07 bits per heavy atom. The third-order valence-electron chi connectivity index (χ3n) is 2.18. The number of hydrogen-bond acceptors (Lipinski definition) is 4. The molecule has 6 heteroatoms. The van der Waals surface area contributed by atoms with E-state index in [1.807, 2.05) is 33.8 Å². The summed E-state index contributed by atoms with van der Waals surface area (Å²) in [5.74, 6) is 0. The summed E-state index contributed by atoms with van der Waals surface area (Å²) in [6.45, 7) is 3.85. The van der Waals surface area contributed by atoms with Crippen molar-refractivity contribution in [1.82, 2.24) is 4.67 Å². The van der Waals surface area contributed by atoms with Crippen LogP contribution < -0.4 is 5.50 Å². The molecule has 15 heavy (non-hydrogen) atoms. The molecule has 0 amide bonds. The zero-order valence-electron chi connectivity index (χ0n) is 9.81. The quantitative estimate of drug-likeness (QED) is 0.738. The molecule has 0 radical (unpaired) electrons. The van der Waals surface area contributed by atoms with Crippen LogP contribution in [0.1, 0.15) is 34.1 Å². The second-order valence-electron chi connectivity index (χ2n) is 4.35. The molecule has 0 aliphatic heterocycles. The molecule has 0 atom stereocenters. The van der Waals surface area contributed by atoms with Crippen LogP contribution in [0.3, 0.4) is 0 Å². The van der Waals surface area contributed by atoms with E-state index in [1.54, 1.807) is 4.67 Å². The summed E-state index contributed by atoms with van der Waals surface area (Å²) in [5.41, 5.74) is 5.92. The fourth-order valence-electron chi connectivity index (χ4n) is 1.94. The molecule has 0 aromatic heterocycles. The van der Waals surface area contributed by atoms with Crippen molar-refractivity contribution in [3.05, 3.63) is 0 Å². The summed E-state index contributed by atoms with van der Waals surface area (Å²) >= 11 is 6.17. The molecule has 0 saturated carbocycles. The standard InChI is InChI=1S/C9H21ClN3OP/c1-8(2)13(9(3)4)15(10,12,14)7-5-6-11/h8-9,14H,5,7,12H2,1-4H3. The summed E-state index contributed by atoms with van der Waals surface area (Å²) in [5, 5.41) is 8.53. The maximum absolute atomic E-state index is 10.4. The predicted molar refractivity (Wildman–Crippen MR) is 66.4 cm³/mol. The minimum absolute atomic E-state index is 0.0499. The van der Waals surface area contributed by atoms with Gasteiger partial charge in [-0.3, -0.25) is 0 Å². The molecule has 0 spiro atoms. The van der Waals surface area contributed by atoms with Gasteiger partial charge in [0.25, 0.3) is 0 Å².